The molecule has 21 heavy (non-hydrogen) atoms. The predicted octanol–water partition coefficient (Wildman–Crippen LogP) is 2.42. The molecular formula is C15H13FN2O2S. The fraction of sp³-hybridized carbons (Fsp3) is 0.200. The van der Waals surface area contributed by atoms with Crippen LogP contribution < -0.4 is 10.2 Å². The molecule has 6 heteroatoms. The van der Waals surface area contributed by atoms with Gasteiger partial charge in [-0.25, -0.2) is 4.39 Å². The topological polar surface area (TPSA) is 49.4 Å². The Hall–Kier alpha value is -2.21. The summed E-state index contributed by atoms with van der Waals surface area (Å²) < 4.78 is 12.9. The third kappa shape index (κ3) is 2.80. The maximum Gasteiger partial charge on any atom is 0.252 e. The van der Waals surface area contributed by atoms with Crippen molar-refractivity contribution in [2.45, 2.75) is 12.5 Å². The highest BCUT2D eigenvalue weighted by atomic mass is 32.1. The van der Waals surface area contributed by atoms with Crippen LogP contribution >= 0.6 is 11.3 Å². The quantitative estimate of drug-likeness (QED) is 0.947. The number of hydrogen-bond donors (Lipinski definition) is 1. The van der Waals surface area contributed by atoms with Gasteiger partial charge >= 0.3 is 0 Å². The van der Waals surface area contributed by atoms with E-state index in [0.29, 0.717) is 24.2 Å². The van der Waals surface area contributed by atoms with E-state index >= 15 is 0 Å². The molecule has 0 bridgehead atoms. The summed E-state index contributed by atoms with van der Waals surface area (Å²) in [4.78, 5) is 25.9. The summed E-state index contributed by atoms with van der Waals surface area (Å²) in [7, 11) is 0. The van der Waals surface area contributed by atoms with Gasteiger partial charge < -0.3 is 10.2 Å². The molecule has 1 aliphatic rings. The Kier molecular flexibility index (Phi) is 3.70. The first-order valence-corrected chi connectivity index (χ1v) is 7.49. The molecule has 4 nitrogen and oxygen atoms in total. The SMILES string of the molecule is O=C(N[C@@H]1CCN(c2ccc(F)cc2)C1=O)c1ccsc1. The first kappa shape index (κ1) is 13.8. The van der Waals surface area contributed by atoms with Gasteiger partial charge in [-0.1, -0.05) is 0 Å². The minimum atomic E-state index is -0.526. The van der Waals surface area contributed by atoms with Crippen molar-refractivity contribution in [3.63, 3.8) is 0 Å². The number of benzene rings is 1. The van der Waals surface area contributed by atoms with Crippen LogP contribution in [0.4, 0.5) is 10.1 Å². The van der Waals surface area contributed by atoms with Crippen molar-refractivity contribution in [1.29, 1.82) is 0 Å². The largest absolute Gasteiger partial charge is 0.340 e. The minimum Gasteiger partial charge on any atom is -0.340 e. The molecule has 1 aliphatic heterocycles. The maximum absolute atomic E-state index is 12.9. The van der Waals surface area contributed by atoms with E-state index in [0.717, 1.165) is 0 Å². The number of rotatable bonds is 3. The Balaban J connectivity index is 1.69. The molecule has 0 aliphatic carbocycles. The minimum absolute atomic E-state index is 0.162. The van der Waals surface area contributed by atoms with Gasteiger partial charge in [-0.2, -0.15) is 11.3 Å². The molecule has 0 spiro atoms. The van der Waals surface area contributed by atoms with Crippen LogP contribution in [0.3, 0.4) is 0 Å². The van der Waals surface area contributed by atoms with Crippen LogP contribution in [-0.4, -0.2) is 24.4 Å². The molecule has 2 amide bonds. The van der Waals surface area contributed by atoms with Crippen LogP contribution in [-0.2, 0) is 4.79 Å². The van der Waals surface area contributed by atoms with E-state index in [2.05, 4.69) is 5.32 Å². The van der Waals surface area contributed by atoms with E-state index in [1.165, 1.54) is 23.5 Å². The van der Waals surface area contributed by atoms with E-state index in [-0.39, 0.29) is 17.6 Å². The van der Waals surface area contributed by atoms with Gasteiger partial charge in [0.25, 0.3) is 5.91 Å². The third-order valence-electron chi connectivity index (χ3n) is 3.43. The van der Waals surface area contributed by atoms with Crippen molar-refractivity contribution in [2.75, 3.05) is 11.4 Å². The summed E-state index contributed by atoms with van der Waals surface area (Å²) in [6, 6.07) is 6.96. The van der Waals surface area contributed by atoms with E-state index < -0.39 is 6.04 Å². The van der Waals surface area contributed by atoms with Gasteiger partial charge in [-0.05, 0) is 42.1 Å². The molecule has 2 aromatic rings. The second kappa shape index (κ2) is 5.65. The molecule has 1 atom stereocenters. The van der Waals surface area contributed by atoms with Crippen LogP contribution in [0.2, 0.25) is 0 Å². The van der Waals surface area contributed by atoms with Crippen LogP contribution in [0.5, 0.6) is 0 Å². The average molecular weight is 304 g/mol. The first-order chi connectivity index (χ1) is 10.1. The van der Waals surface area contributed by atoms with Gasteiger partial charge in [-0.3, -0.25) is 9.59 Å². The van der Waals surface area contributed by atoms with Crippen LogP contribution in [0, 0.1) is 5.82 Å². The number of halogens is 1. The average Bonchev–Trinajstić information content (AvgIpc) is 3.11. The van der Waals surface area contributed by atoms with Crippen molar-refractivity contribution in [2.24, 2.45) is 0 Å². The molecule has 1 aromatic heterocycles. The lowest BCUT2D eigenvalue weighted by atomic mass is 10.2. The predicted molar refractivity (Wildman–Crippen MR) is 78.9 cm³/mol. The van der Waals surface area contributed by atoms with E-state index in [9.17, 15) is 14.0 Å². The molecule has 1 saturated heterocycles. The van der Waals surface area contributed by atoms with Gasteiger partial charge in [-0.15, -0.1) is 0 Å². The number of nitrogens with zero attached hydrogens (tertiary/aromatic N) is 1. The highest BCUT2D eigenvalue weighted by Crippen LogP contribution is 2.22. The van der Waals surface area contributed by atoms with Crippen LogP contribution in [0.25, 0.3) is 0 Å². The molecule has 1 aromatic carbocycles. The Bertz CT molecular complexity index is 655. The number of carbonyl (C=O) groups is 2. The van der Waals surface area contributed by atoms with Crippen molar-refractivity contribution < 1.29 is 14.0 Å². The fourth-order valence-electron chi connectivity index (χ4n) is 2.33. The number of nitrogens with one attached hydrogen (secondary N) is 1. The zero-order chi connectivity index (χ0) is 14.8. The second-order valence-electron chi connectivity index (χ2n) is 4.79. The number of carbonyl (C=O) groups excluding carboxylic acids is 2. The molecule has 1 fully saturated rings. The maximum atomic E-state index is 12.9. The molecule has 3 rings (SSSR count). The van der Waals surface area contributed by atoms with E-state index in [1.807, 2.05) is 5.38 Å². The highest BCUT2D eigenvalue weighted by Gasteiger charge is 2.33. The van der Waals surface area contributed by atoms with Crippen LogP contribution in [0.1, 0.15) is 16.8 Å². The lowest BCUT2D eigenvalue weighted by Crippen LogP contribution is -2.41. The van der Waals surface area contributed by atoms with Gasteiger partial charge in [0.2, 0.25) is 5.91 Å². The normalized spacial score (nSPS) is 18.0. The van der Waals surface area contributed by atoms with Crippen molar-refractivity contribution in [3.8, 4) is 0 Å². The van der Waals surface area contributed by atoms with E-state index in [1.54, 1.807) is 28.5 Å². The summed E-state index contributed by atoms with van der Waals surface area (Å²) in [5.74, 6) is -0.742. The van der Waals surface area contributed by atoms with Crippen LogP contribution in [0.15, 0.2) is 41.1 Å². The van der Waals surface area contributed by atoms with Gasteiger partial charge in [0.15, 0.2) is 0 Å². The summed E-state index contributed by atoms with van der Waals surface area (Å²) in [5, 5.41) is 6.30. The zero-order valence-corrected chi connectivity index (χ0v) is 11.9. The lowest BCUT2D eigenvalue weighted by molar-refractivity contribution is -0.118. The zero-order valence-electron chi connectivity index (χ0n) is 11.1. The summed E-state index contributed by atoms with van der Waals surface area (Å²) in [6.07, 6.45) is 0.548. The summed E-state index contributed by atoms with van der Waals surface area (Å²) >= 11 is 1.43. The Morgan fingerprint density at radius 1 is 1.29 bits per heavy atom. The highest BCUT2D eigenvalue weighted by molar-refractivity contribution is 7.08. The number of amides is 2. The van der Waals surface area contributed by atoms with Crippen molar-refractivity contribution in [3.05, 3.63) is 52.5 Å². The van der Waals surface area contributed by atoms with E-state index in [4.69, 9.17) is 0 Å². The Labute approximate surface area is 125 Å². The summed E-state index contributed by atoms with van der Waals surface area (Å²) in [5.41, 5.74) is 1.21. The lowest BCUT2D eigenvalue weighted by Gasteiger charge is -2.17. The first-order valence-electron chi connectivity index (χ1n) is 6.55. The van der Waals surface area contributed by atoms with Gasteiger partial charge in [0.1, 0.15) is 11.9 Å². The second-order valence-corrected chi connectivity index (χ2v) is 5.57. The molecule has 2 heterocycles. The van der Waals surface area contributed by atoms with Gasteiger partial charge in [0, 0.05) is 17.6 Å². The van der Waals surface area contributed by atoms with Crippen molar-refractivity contribution >= 4 is 28.8 Å². The Morgan fingerprint density at radius 3 is 2.71 bits per heavy atom. The molecule has 0 saturated carbocycles. The Morgan fingerprint density at radius 2 is 2.05 bits per heavy atom. The monoisotopic (exact) mass is 304 g/mol. The molecule has 1 N–H and O–H groups in total. The standard InChI is InChI=1S/C15H13FN2O2S/c16-11-1-3-12(4-2-11)18-7-5-13(15(18)20)17-14(19)10-6-8-21-9-10/h1-4,6,8-9,13H,5,7H2,(H,17,19)/t13-/m1/s1. The summed E-state index contributed by atoms with van der Waals surface area (Å²) in [6.45, 7) is 0.513. The van der Waals surface area contributed by atoms with Gasteiger partial charge in [0.05, 0.1) is 5.56 Å². The smallest absolute Gasteiger partial charge is 0.252 e. The van der Waals surface area contributed by atoms with Crippen molar-refractivity contribution in [1.82, 2.24) is 5.32 Å². The molecular weight excluding hydrogens is 291 g/mol. The third-order valence-corrected chi connectivity index (χ3v) is 4.12. The number of anilines is 1. The fourth-order valence-corrected chi connectivity index (χ4v) is 2.96. The number of hydrogen-bond acceptors (Lipinski definition) is 3. The molecule has 0 radical (unpaired) electrons. The molecule has 108 valence electrons. The number of thiophene rings is 1. The molecule has 0 unspecified atom stereocenters.